The van der Waals surface area contributed by atoms with Crippen LogP contribution in [0.15, 0.2) is 30.3 Å². The van der Waals surface area contributed by atoms with Crippen LogP contribution in [0.25, 0.3) is 0 Å². The molecule has 5 nitrogen and oxygen atoms in total. The van der Waals surface area contributed by atoms with Crippen LogP contribution in [-0.2, 0) is 6.42 Å². The number of benzene rings is 1. The first-order valence-electron chi connectivity index (χ1n) is 8.94. The number of carbonyl (C=O) groups excluding carboxylic acids is 1. The second-order valence-corrected chi connectivity index (χ2v) is 7.06. The van der Waals surface area contributed by atoms with Gasteiger partial charge in [0.05, 0.1) is 0 Å². The van der Waals surface area contributed by atoms with Gasteiger partial charge in [0.2, 0.25) is 0 Å². The molecule has 1 fully saturated rings. The van der Waals surface area contributed by atoms with Crippen LogP contribution >= 0.6 is 0 Å². The Balaban J connectivity index is 1.74. The van der Waals surface area contributed by atoms with Gasteiger partial charge in [0.15, 0.2) is 0 Å². The van der Waals surface area contributed by atoms with Gasteiger partial charge in [-0.15, -0.1) is 0 Å². The van der Waals surface area contributed by atoms with E-state index in [2.05, 4.69) is 27.7 Å². The van der Waals surface area contributed by atoms with Gasteiger partial charge >= 0.3 is 6.03 Å². The van der Waals surface area contributed by atoms with Gasteiger partial charge in [-0.3, -0.25) is 0 Å². The van der Waals surface area contributed by atoms with Crippen molar-refractivity contribution >= 4 is 6.03 Å². The van der Waals surface area contributed by atoms with Crippen LogP contribution in [0.1, 0.15) is 31.2 Å². The zero-order valence-corrected chi connectivity index (χ0v) is 14.9. The summed E-state index contributed by atoms with van der Waals surface area (Å²) in [5, 5.41) is 15.3. The van der Waals surface area contributed by atoms with Gasteiger partial charge in [0.1, 0.15) is 0 Å². The highest BCUT2D eigenvalue weighted by Crippen LogP contribution is 2.23. The number of nitrogens with zero attached hydrogens (tertiary/aromatic N) is 1. The summed E-state index contributed by atoms with van der Waals surface area (Å²) < 4.78 is 0. The number of nitrogens with one attached hydrogen (secondary N) is 2. The summed E-state index contributed by atoms with van der Waals surface area (Å²) in [7, 11) is 4.09. The zero-order chi connectivity index (χ0) is 17.4. The highest BCUT2D eigenvalue weighted by molar-refractivity contribution is 5.74. The largest absolute Gasteiger partial charge is 0.396 e. The van der Waals surface area contributed by atoms with Crippen molar-refractivity contribution in [2.75, 3.05) is 27.2 Å². The first-order chi connectivity index (χ1) is 11.6. The van der Waals surface area contributed by atoms with Crippen LogP contribution in [0.4, 0.5) is 4.79 Å². The molecule has 5 heteroatoms. The Morgan fingerprint density at radius 1 is 1.21 bits per heavy atom. The fourth-order valence-electron chi connectivity index (χ4n) is 3.26. The SMILES string of the molecule is CN(C)C(CNC(=O)NC1CCC(CO)CC1)Cc1ccccc1. The molecule has 1 unspecified atom stereocenters. The molecular formula is C19H31N3O2. The molecule has 1 aliphatic rings. The van der Waals surface area contributed by atoms with E-state index in [1.54, 1.807) is 0 Å². The van der Waals surface area contributed by atoms with Crippen LogP contribution in [0.5, 0.6) is 0 Å². The maximum absolute atomic E-state index is 12.2. The highest BCUT2D eigenvalue weighted by Gasteiger charge is 2.22. The van der Waals surface area contributed by atoms with Gasteiger partial charge in [-0.05, 0) is 57.7 Å². The van der Waals surface area contributed by atoms with Crippen LogP contribution < -0.4 is 10.6 Å². The maximum atomic E-state index is 12.2. The number of amides is 2. The number of rotatable bonds is 7. The second-order valence-electron chi connectivity index (χ2n) is 7.06. The number of carbonyl (C=O) groups is 1. The predicted molar refractivity (Wildman–Crippen MR) is 97.0 cm³/mol. The van der Waals surface area contributed by atoms with E-state index in [1.165, 1.54) is 5.56 Å². The molecule has 2 amide bonds. The summed E-state index contributed by atoms with van der Waals surface area (Å²) in [6.45, 7) is 0.891. The first-order valence-corrected chi connectivity index (χ1v) is 8.94. The topological polar surface area (TPSA) is 64.6 Å². The smallest absolute Gasteiger partial charge is 0.315 e. The van der Waals surface area contributed by atoms with Gasteiger partial charge in [-0.25, -0.2) is 4.79 Å². The lowest BCUT2D eigenvalue weighted by molar-refractivity contribution is 0.174. The van der Waals surface area contributed by atoms with Gasteiger partial charge < -0.3 is 20.6 Å². The molecule has 1 aromatic rings. The maximum Gasteiger partial charge on any atom is 0.315 e. The van der Waals surface area contributed by atoms with Gasteiger partial charge in [0, 0.05) is 25.2 Å². The van der Waals surface area contributed by atoms with E-state index < -0.39 is 0 Å². The van der Waals surface area contributed by atoms with Crippen LogP contribution in [0.3, 0.4) is 0 Å². The first kappa shape index (κ1) is 18.7. The molecule has 0 radical (unpaired) electrons. The number of hydrogen-bond donors (Lipinski definition) is 3. The molecule has 1 aromatic carbocycles. The van der Waals surface area contributed by atoms with Crippen molar-refractivity contribution < 1.29 is 9.90 Å². The average Bonchev–Trinajstić information content (AvgIpc) is 2.60. The summed E-state index contributed by atoms with van der Waals surface area (Å²) in [5.41, 5.74) is 1.28. The van der Waals surface area contributed by atoms with Crippen molar-refractivity contribution in [3.8, 4) is 0 Å². The number of aliphatic hydroxyl groups is 1. The third-order valence-electron chi connectivity index (χ3n) is 4.98. The third kappa shape index (κ3) is 6.13. The van der Waals surface area contributed by atoms with Crippen molar-refractivity contribution in [1.82, 2.24) is 15.5 Å². The summed E-state index contributed by atoms with van der Waals surface area (Å²) in [5.74, 6) is 0.412. The summed E-state index contributed by atoms with van der Waals surface area (Å²) in [4.78, 5) is 14.3. The van der Waals surface area contributed by atoms with Crippen molar-refractivity contribution in [1.29, 1.82) is 0 Å². The van der Waals surface area contributed by atoms with E-state index >= 15 is 0 Å². The fourth-order valence-corrected chi connectivity index (χ4v) is 3.26. The number of aliphatic hydroxyl groups excluding tert-OH is 1. The second kappa shape index (κ2) is 9.64. The zero-order valence-electron chi connectivity index (χ0n) is 14.9. The van der Waals surface area contributed by atoms with Crippen molar-refractivity contribution in [2.24, 2.45) is 5.92 Å². The van der Waals surface area contributed by atoms with Crippen LogP contribution in [-0.4, -0.2) is 55.4 Å². The number of hydrogen-bond acceptors (Lipinski definition) is 3. The van der Waals surface area contributed by atoms with Gasteiger partial charge in [0.25, 0.3) is 0 Å². The molecule has 134 valence electrons. The molecule has 0 aromatic heterocycles. The molecular weight excluding hydrogens is 302 g/mol. The van der Waals surface area contributed by atoms with Crippen molar-refractivity contribution in [3.63, 3.8) is 0 Å². The molecule has 1 aliphatic carbocycles. The van der Waals surface area contributed by atoms with E-state index in [0.29, 0.717) is 12.5 Å². The van der Waals surface area contributed by atoms with Crippen LogP contribution in [0.2, 0.25) is 0 Å². The van der Waals surface area contributed by atoms with Crippen molar-refractivity contribution in [3.05, 3.63) is 35.9 Å². The molecule has 2 rings (SSSR count). The Hall–Kier alpha value is -1.59. The minimum atomic E-state index is -0.0811. The quantitative estimate of drug-likeness (QED) is 0.715. The number of urea groups is 1. The van der Waals surface area contributed by atoms with E-state index in [0.717, 1.165) is 32.1 Å². The van der Waals surface area contributed by atoms with Crippen molar-refractivity contribution in [2.45, 2.75) is 44.2 Å². The van der Waals surface area contributed by atoms with Crippen LogP contribution in [0, 0.1) is 5.92 Å². The Morgan fingerprint density at radius 3 is 2.46 bits per heavy atom. The minimum Gasteiger partial charge on any atom is -0.396 e. The Kier molecular flexibility index (Phi) is 7.53. The lowest BCUT2D eigenvalue weighted by Gasteiger charge is -2.29. The normalized spacial score (nSPS) is 22.2. The predicted octanol–water partition coefficient (Wildman–Crippen LogP) is 2.01. The minimum absolute atomic E-state index is 0.0811. The Bertz CT molecular complexity index is 485. The summed E-state index contributed by atoms with van der Waals surface area (Å²) >= 11 is 0. The number of likely N-dealkylation sites (N-methyl/N-ethyl adjacent to an activating group) is 1. The van der Waals surface area contributed by atoms with Gasteiger partial charge in [-0.2, -0.15) is 0 Å². The molecule has 1 saturated carbocycles. The molecule has 0 heterocycles. The Labute approximate surface area is 145 Å². The van der Waals surface area contributed by atoms with E-state index in [-0.39, 0.29) is 24.7 Å². The molecule has 0 aliphatic heterocycles. The Morgan fingerprint density at radius 2 is 1.88 bits per heavy atom. The standard InChI is InChI=1S/C19H31N3O2/c1-22(2)18(12-15-6-4-3-5-7-15)13-20-19(24)21-17-10-8-16(14-23)9-11-17/h3-7,16-18,23H,8-14H2,1-2H3,(H2,20,21,24). The van der Waals surface area contributed by atoms with Gasteiger partial charge in [-0.1, -0.05) is 30.3 Å². The van der Waals surface area contributed by atoms with E-state index in [4.69, 9.17) is 0 Å². The molecule has 3 N–H and O–H groups in total. The molecule has 0 spiro atoms. The summed E-state index contributed by atoms with van der Waals surface area (Å²) in [6.07, 6.45) is 4.82. The third-order valence-corrected chi connectivity index (χ3v) is 4.98. The molecule has 24 heavy (non-hydrogen) atoms. The lowest BCUT2D eigenvalue weighted by Crippen LogP contribution is -2.48. The van der Waals surface area contributed by atoms with E-state index in [9.17, 15) is 9.90 Å². The van der Waals surface area contributed by atoms with E-state index in [1.807, 2.05) is 32.3 Å². The molecule has 0 saturated heterocycles. The average molecular weight is 333 g/mol. The summed E-state index contributed by atoms with van der Waals surface area (Å²) in [6, 6.07) is 10.8. The fraction of sp³-hybridized carbons (Fsp3) is 0.632. The monoisotopic (exact) mass is 333 g/mol. The highest BCUT2D eigenvalue weighted by atomic mass is 16.3. The molecule has 0 bridgehead atoms. The lowest BCUT2D eigenvalue weighted by atomic mass is 9.87. The molecule has 1 atom stereocenters.